The zero-order chi connectivity index (χ0) is 28.6. The first-order valence-electron chi connectivity index (χ1n) is 13.7. The first-order valence-corrected chi connectivity index (χ1v) is 15.3. The van der Waals surface area contributed by atoms with Gasteiger partial charge >= 0.3 is 6.09 Å². The van der Waals surface area contributed by atoms with Crippen LogP contribution < -0.4 is 15.4 Å². The number of carbonyl (C=O) groups excluding carboxylic acids is 4. The lowest BCUT2D eigenvalue weighted by atomic mass is 10.0. The molecule has 0 aromatic carbocycles. The lowest BCUT2D eigenvalue weighted by Crippen LogP contribution is -2.58. The molecule has 0 bridgehead atoms. The molecule has 1 saturated heterocycles. The predicted molar refractivity (Wildman–Crippen MR) is 141 cm³/mol. The van der Waals surface area contributed by atoms with Gasteiger partial charge in [-0.3, -0.25) is 19.1 Å². The summed E-state index contributed by atoms with van der Waals surface area (Å²) in [5.41, 5.74) is -2.22. The Labute approximate surface area is 229 Å². The molecule has 4 aliphatic rings. The molecule has 4 amide bonds. The third-order valence-electron chi connectivity index (χ3n) is 7.55. The van der Waals surface area contributed by atoms with E-state index in [1.54, 1.807) is 20.8 Å². The average molecular weight is 569 g/mol. The topological polar surface area (TPSA) is 171 Å². The van der Waals surface area contributed by atoms with Crippen LogP contribution in [0.2, 0.25) is 0 Å². The quantitative estimate of drug-likeness (QED) is 0.362. The summed E-state index contributed by atoms with van der Waals surface area (Å²) in [6.07, 6.45) is 6.46. The number of carbonyl (C=O) groups is 4. The van der Waals surface area contributed by atoms with Gasteiger partial charge in [0, 0.05) is 18.9 Å². The molecule has 3 fully saturated rings. The standard InChI is InChI=1S/C26H40N4O8S/c1-25(2,3)38-24(35)27-19-10-8-6-4-5-7-9-16-14-26(16,23(34)29-39(36,37)18-11-12-18)28-21(32)20-13-17(31)15-30(20)22(19)33/h7,9,16-20,31H,4-6,8,10-15H2,1-3H3,(H,27,35)(H,28,32)(H,29,34)/b9-7-/t16-,17-,19+,20?,26-/m1/s1. The van der Waals surface area contributed by atoms with Crippen molar-refractivity contribution in [1.82, 2.24) is 20.3 Å². The van der Waals surface area contributed by atoms with Crippen molar-refractivity contribution in [2.75, 3.05) is 6.54 Å². The highest BCUT2D eigenvalue weighted by atomic mass is 32.2. The van der Waals surface area contributed by atoms with E-state index in [2.05, 4.69) is 15.4 Å². The van der Waals surface area contributed by atoms with Crippen molar-refractivity contribution in [3.05, 3.63) is 12.2 Å². The summed E-state index contributed by atoms with van der Waals surface area (Å²) >= 11 is 0. The number of amides is 4. The van der Waals surface area contributed by atoms with Gasteiger partial charge in [0.2, 0.25) is 21.8 Å². The third-order valence-corrected chi connectivity index (χ3v) is 9.37. The number of allylic oxidation sites excluding steroid dienone is 1. The van der Waals surface area contributed by atoms with Crippen LogP contribution in [0.25, 0.3) is 0 Å². The molecule has 0 spiro atoms. The average Bonchev–Trinajstić information content (AvgIpc) is 3.73. The van der Waals surface area contributed by atoms with E-state index >= 15 is 0 Å². The van der Waals surface area contributed by atoms with E-state index in [1.165, 1.54) is 4.90 Å². The Morgan fingerprint density at radius 3 is 2.54 bits per heavy atom. The molecular formula is C26H40N4O8S. The molecule has 5 atom stereocenters. The number of rotatable bonds is 4. The Morgan fingerprint density at radius 2 is 1.87 bits per heavy atom. The summed E-state index contributed by atoms with van der Waals surface area (Å²) in [6, 6.07) is -2.05. The van der Waals surface area contributed by atoms with Gasteiger partial charge in [-0.2, -0.15) is 0 Å². The molecule has 12 nitrogen and oxygen atoms in total. The van der Waals surface area contributed by atoms with Crippen LogP contribution in [0.4, 0.5) is 4.79 Å². The van der Waals surface area contributed by atoms with Gasteiger partial charge in [0.25, 0.3) is 5.91 Å². The first-order chi connectivity index (χ1) is 18.2. The Kier molecular flexibility index (Phi) is 8.32. The van der Waals surface area contributed by atoms with E-state index in [-0.39, 0.29) is 19.4 Å². The summed E-state index contributed by atoms with van der Waals surface area (Å²) in [4.78, 5) is 54.1. The minimum atomic E-state index is -3.83. The molecule has 39 heavy (non-hydrogen) atoms. The second-order valence-corrected chi connectivity index (χ2v) is 14.1. The van der Waals surface area contributed by atoms with Crippen LogP contribution in [0.1, 0.15) is 78.6 Å². The van der Waals surface area contributed by atoms with Gasteiger partial charge in [-0.25, -0.2) is 13.2 Å². The van der Waals surface area contributed by atoms with Gasteiger partial charge in [-0.05, 0) is 59.3 Å². The lowest BCUT2D eigenvalue weighted by molar-refractivity contribution is -0.141. The number of aliphatic hydroxyl groups is 1. The number of sulfonamides is 1. The molecule has 0 radical (unpaired) electrons. The summed E-state index contributed by atoms with van der Waals surface area (Å²) < 4.78 is 32.4. The molecule has 4 N–H and O–H groups in total. The van der Waals surface area contributed by atoms with Crippen LogP contribution >= 0.6 is 0 Å². The number of ether oxygens (including phenoxy) is 1. The van der Waals surface area contributed by atoms with Crippen LogP contribution in [-0.4, -0.2) is 83.4 Å². The highest BCUT2D eigenvalue weighted by Crippen LogP contribution is 2.46. The van der Waals surface area contributed by atoms with E-state index < -0.39 is 74.3 Å². The van der Waals surface area contributed by atoms with E-state index in [0.29, 0.717) is 32.1 Å². The highest BCUT2D eigenvalue weighted by molar-refractivity contribution is 7.91. The minimum absolute atomic E-state index is 0.0463. The van der Waals surface area contributed by atoms with Crippen molar-refractivity contribution < 1.29 is 37.4 Å². The SMILES string of the molecule is CC(C)(C)OC(=O)N[C@H]1CCCCC/C=C\[C@@H]2C[C@@]2(C(=O)NS(=O)(=O)C2CC2)NC(=O)C2C[C@@H](O)CN2C1=O. The highest BCUT2D eigenvalue weighted by Gasteiger charge is 2.62. The van der Waals surface area contributed by atoms with Gasteiger partial charge in [0.05, 0.1) is 11.4 Å². The molecule has 4 rings (SSSR count). The van der Waals surface area contributed by atoms with Gasteiger partial charge in [0.15, 0.2) is 0 Å². The summed E-state index contributed by atoms with van der Waals surface area (Å²) in [5, 5.41) is 15.2. The fourth-order valence-corrected chi connectivity index (χ4v) is 6.59. The van der Waals surface area contributed by atoms with Crippen LogP contribution in [0.15, 0.2) is 12.2 Å². The van der Waals surface area contributed by atoms with E-state index in [9.17, 15) is 32.7 Å². The Hall–Kier alpha value is -2.67. The van der Waals surface area contributed by atoms with Gasteiger partial charge in [0.1, 0.15) is 23.2 Å². The van der Waals surface area contributed by atoms with Crippen LogP contribution in [-0.2, 0) is 29.1 Å². The Bertz CT molecular complexity index is 1130. The van der Waals surface area contributed by atoms with Crippen molar-refractivity contribution in [3.8, 4) is 0 Å². The second kappa shape index (κ2) is 11.1. The summed E-state index contributed by atoms with van der Waals surface area (Å²) in [6.45, 7) is 5.02. The second-order valence-electron chi connectivity index (χ2n) is 12.1. The fourth-order valence-electron chi connectivity index (χ4n) is 5.23. The van der Waals surface area contributed by atoms with E-state index in [1.807, 2.05) is 12.2 Å². The smallest absolute Gasteiger partial charge is 0.408 e. The van der Waals surface area contributed by atoms with Crippen molar-refractivity contribution in [2.45, 2.75) is 113 Å². The lowest BCUT2D eigenvalue weighted by Gasteiger charge is -2.30. The van der Waals surface area contributed by atoms with Crippen LogP contribution in [0.5, 0.6) is 0 Å². The molecule has 2 heterocycles. The maximum Gasteiger partial charge on any atom is 0.408 e. The van der Waals surface area contributed by atoms with Gasteiger partial charge in [-0.1, -0.05) is 25.0 Å². The molecule has 2 saturated carbocycles. The number of fused-ring (bicyclic) bond motifs is 2. The first kappa shape index (κ1) is 29.3. The molecule has 0 aromatic rings. The van der Waals surface area contributed by atoms with E-state index in [4.69, 9.17) is 4.74 Å². The number of nitrogens with one attached hydrogen (secondary N) is 3. The van der Waals surface area contributed by atoms with Crippen molar-refractivity contribution in [3.63, 3.8) is 0 Å². The maximum absolute atomic E-state index is 13.6. The summed E-state index contributed by atoms with van der Waals surface area (Å²) in [5.74, 6) is -2.35. The van der Waals surface area contributed by atoms with E-state index in [0.717, 1.165) is 12.8 Å². The minimum Gasteiger partial charge on any atom is -0.444 e. The molecular weight excluding hydrogens is 528 g/mol. The van der Waals surface area contributed by atoms with Crippen molar-refractivity contribution in [1.29, 1.82) is 0 Å². The summed E-state index contributed by atoms with van der Waals surface area (Å²) in [7, 11) is -3.83. The van der Waals surface area contributed by atoms with Gasteiger partial charge < -0.3 is 25.4 Å². The normalized spacial score (nSPS) is 33.0. The fraction of sp³-hybridized carbons (Fsp3) is 0.769. The zero-order valence-electron chi connectivity index (χ0n) is 22.8. The van der Waals surface area contributed by atoms with Crippen molar-refractivity contribution in [2.24, 2.45) is 5.92 Å². The molecule has 13 heteroatoms. The maximum atomic E-state index is 13.6. The number of nitrogens with zero attached hydrogens (tertiary/aromatic N) is 1. The largest absolute Gasteiger partial charge is 0.444 e. The molecule has 2 aliphatic carbocycles. The van der Waals surface area contributed by atoms with Crippen molar-refractivity contribution >= 4 is 33.8 Å². The Morgan fingerprint density at radius 1 is 1.15 bits per heavy atom. The number of hydrogen-bond donors (Lipinski definition) is 4. The number of aliphatic hydroxyl groups excluding tert-OH is 1. The Balaban J connectivity index is 1.57. The predicted octanol–water partition coefficient (Wildman–Crippen LogP) is 0.845. The molecule has 218 valence electrons. The zero-order valence-corrected chi connectivity index (χ0v) is 23.6. The number of alkyl carbamates (subject to hydrolysis) is 1. The van der Waals surface area contributed by atoms with Gasteiger partial charge in [-0.15, -0.1) is 0 Å². The molecule has 0 aromatic heterocycles. The molecule has 1 unspecified atom stereocenters. The third kappa shape index (κ3) is 7.10. The van der Waals surface area contributed by atoms with Crippen LogP contribution in [0.3, 0.4) is 0 Å². The monoisotopic (exact) mass is 568 g/mol. The number of hydrogen-bond acceptors (Lipinski definition) is 8. The molecule has 2 aliphatic heterocycles. The van der Waals surface area contributed by atoms with Crippen LogP contribution in [0, 0.1) is 5.92 Å².